The Labute approximate surface area is 92.4 Å². The van der Waals surface area contributed by atoms with Crippen molar-refractivity contribution in [3.63, 3.8) is 0 Å². The second-order valence-electron chi connectivity index (χ2n) is 3.60. The number of aliphatic hydroxyl groups is 2. The summed E-state index contributed by atoms with van der Waals surface area (Å²) in [6, 6.07) is 1.57. The second-order valence-corrected chi connectivity index (χ2v) is 3.60. The minimum Gasteiger partial charge on any atom is -0.481 e. The third-order valence-corrected chi connectivity index (χ3v) is 2.15. The molecule has 0 fully saturated rings. The number of pyridine rings is 1. The molecule has 2 atom stereocenters. The van der Waals surface area contributed by atoms with E-state index < -0.39 is 24.6 Å². The Kier molecular flexibility index (Phi) is 3.81. The van der Waals surface area contributed by atoms with Crippen LogP contribution in [-0.2, 0) is 4.79 Å². The molecule has 2 unspecified atom stereocenters. The lowest BCUT2D eigenvalue weighted by Crippen LogP contribution is -2.23. The number of carboxylic acid groups (broad SMARTS) is 1. The maximum absolute atomic E-state index is 10.4. The van der Waals surface area contributed by atoms with Gasteiger partial charge in [-0.1, -0.05) is 0 Å². The Morgan fingerprint density at radius 1 is 1.56 bits per heavy atom. The van der Waals surface area contributed by atoms with Gasteiger partial charge in [-0.25, -0.2) is 4.98 Å². The van der Waals surface area contributed by atoms with Crippen LogP contribution in [0.4, 0.5) is 5.82 Å². The predicted molar refractivity (Wildman–Crippen MR) is 56.6 cm³/mol. The first-order valence-electron chi connectivity index (χ1n) is 4.71. The van der Waals surface area contributed by atoms with E-state index in [1.54, 1.807) is 13.0 Å². The molecule has 16 heavy (non-hydrogen) atoms. The van der Waals surface area contributed by atoms with Crippen LogP contribution in [0.2, 0.25) is 0 Å². The zero-order chi connectivity index (χ0) is 12.3. The molecule has 0 saturated carbocycles. The zero-order valence-corrected chi connectivity index (χ0v) is 8.79. The molecule has 0 aliphatic rings. The topological polar surface area (TPSA) is 117 Å². The van der Waals surface area contributed by atoms with Crippen molar-refractivity contribution < 1.29 is 20.1 Å². The number of nitrogen functional groups attached to an aromatic ring is 1. The van der Waals surface area contributed by atoms with Gasteiger partial charge in [0.25, 0.3) is 0 Å². The van der Waals surface area contributed by atoms with E-state index in [0.717, 1.165) is 5.56 Å². The Hall–Kier alpha value is -1.66. The summed E-state index contributed by atoms with van der Waals surface area (Å²) in [5.74, 6) is -1.10. The fourth-order valence-corrected chi connectivity index (χ4v) is 1.34. The van der Waals surface area contributed by atoms with E-state index in [2.05, 4.69) is 4.98 Å². The van der Waals surface area contributed by atoms with Gasteiger partial charge < -0.3 is 21.1 Å². The molecule has 6 nitrogen and oxygen atoms in total. The monoisotopic (exact) mass is 226 g/mol. The van der Waals surface area contributed by atoms with E-state index in [1.165, 1.54) is 6.20 Å². The first kappa shape index (κ1) is 12.4. The van der Waals surface area contributed by atoms with Gasteiger partial charge in [-0.2, -0.15) is 0 Å². The Balaban J connectivity index is 2.90. The highest BCUT2D eigenvalue weighted by atomic mass is 16.4. The molecular weight excluding hydrogens is 212 g/mol. The van der Waals surface area contributed by atoms with Crippen LogP contribution in [0.1, 0.15) is 23.7 Å². The van der Waals surface area contributed by atoms with Crippen LogP contribution in [0.25, 0.3) is 0 Å². The van der Waals surface area contributed by atoms with Crippen molar-refractivity contribution in [2.45, 2.75) is 25.6 Å². The van der Waals surface area contributed by atoms with Gasteiger partial charge >= 0.3 is 5.97 Å². The molecule has 6 heteroatoms. The molecule has 1 heterocycles. The lowest BCUT2D eigenvalue weighted by atomic mass is 10.0. The normalized spacial score (nSPS) is 14.4. The summed E-state index contributed by atoms with van der Waals surface area (Å²) in [6.07, 6.45) is -1.77. The highest BCUT2D eigenvalue weighted by Crippen LogP contribution is 2.23. The van der Waals surface area contributed by atoms with Gasteiger partial charge in [-0.3, -0.25) is 4.79 Å². The predicted octanol–water partition coefficient (Wildman–Crippen LogP) is -0.159. The summed E-state index contributed by atoms with van der Waals surface area (Å²) < 4.78 is 0. The lowest BCUT2D eigenvalue weighted by molar-refractivity contribution is -0.141. The van der Waals surface area contributed by atoms with E-state index in [4.69, 9.17) is 10.8 Å². The quantitative estimate of drug-likeness (QED) is 0.567. The number of hydrogen-bond donors (Lipinski definition) is 4. The second kappa shape index (κ2) is 4.91. The largest absolute Gasteiger partial charge is 0.481 e. The van der Waals surface area contributed by atoms with E-state index >= 15 is 0 Å². The molecule has 88 valence electrons. The van der Waals surface area contributed by atoms with E-state index in [0.29, 0.717) is 0 Å². The first-order valence-corrected chi connectivity index (χ1v) is 4.71. The number of aryl methyl sites for hydroxylation is 1. The molecule has 1 aromatic heterocycles. The van der Waals surface area contributed by atoms with Gasteiger partial charge in [-0.05, 0) is 18.6 Å². The molecular formula is C10H14N2O4. The lowest BCUT2D eigenvalue weighted by Gasteiger charge is -2.17. The van der Waals surface area contributed by atoms with Crippen LogP contribution >= 0.6 is 0 Å². The average molecular weight is 226 g/mol. The Morgan fingerprint density at radius 2 is 2.19 bits per heavy atom. The van der Waals surface area contributed by atoms with Crippen LogP contribution in [0.5, 0.6) is 0 Å². The fourth-order valence-electron chi connectivity index (χ4n) is 1.34. The number of aromatic nitrogens is 1. The number of nitrogens with two attached hydrogens (primary N) is 1. The van der Waals surface area contributed by atoms with Gasteiger partial charge in [0, 0.05) is 11.8 Å². The van der Waals surface area contributed by atoms with Crippen molar-refractivity contribution in [3.8, 4) is 0 Å². The van der Waals surface area contributed by atoms with Gasteiger partial charge in [0.2, 0.25) is 0 Å². The Morgan fingerprint density at radius 3 is 2.75 bits per heavy atom. The minimum absolute atomic E-state index is 0.0857. The van der Waals surface area contributed by atoms with Crippen LogP contribution in [0.15, 0.2) is 12.3 Å². The number of aliphatic carboxylic acids is 1. The van der Waals surface area contributed by atoms with Crippen LogP contribution in [0.3, 0.4) is 0 Å². The maximum Gasteiger partial charge on any atom is 0.306 e. The highest BCUT2D eigenvalue weighted by Gasteiger charge is 2.23. The number of carboxylic acids is 1. The van der Waals surface area contributed by atoms with Gasteiger partial charge in [0.15, 0.2) is 0 Å². The molecule has 0 radical (unpaired) electrons. The van der Waals surface area contributed by atoms with E-state index in [-0.39, 0.29) is 11.4 Å². The summed E-state index contributed by atoms with van der Waals surface area (Å²) in [5.41, 5.74) is 6.54. The summed E-state index contributed by atoms with van der Waals surface area (Å²) in [5, 5.41) is 27.6. The smallest absolute Gasteiger partial charge is 0.306 e. The molecule has 0 aliphatic heterocycles. The number of rotatable bonds is 4. The molecule has 0 bridgehead atoms. The number of aliphatic hydroxyl groups excluding tert-OH is 2. The molecule has 0 saturated heterocycles. The van der Waals surface area contributed by atoms with Crippen molar-refractivity contribution >= 4 is 11.8 Å². The molecule has 0 aromatic carbocycles. The first-order chi connectivity index (χ1) is 7.41. The van der Waals surface area contributed by atoms with Crippen molar-refractivity contribution in [1.29, 1.82) is 0 Å². The van der Waals surface area contributed by atoms with Crippen molar-refractivity contribution in [1.82, 2.24) is 4.98 Å². The van der Waals surface area contributed by atoms with Crippen molar-refractivity contribution in [2.75, 3.05) is 5.73 Å². The molecule has 0 spiro atoms. The minimum atomic E-state index is -1.40. The fraction of sp³-hybridized carbons (Fsp3) is 0.400. The van der Waals surface area contributed by atoms with E-state index in [1.807, 2.05) is 0 Å². The molecule has 1 aromatic rings. The van der Waals surface area contributed by atoms with Crippen LogP contribution < -0.4 is 5.73 Å². The van der Waals surface area contributed by atoms with Crippen molar-refractivity contribution in [3.05, 3.63) is 23.4 Å². The van der Waals surface area contributed by atoms with Gasteiger partial charge in [0.1, 0.15) is 11.9 Å². The SMILES string of the molecule is Cc1cnc(N)c(C(O)C(O)CC(=O)O)c1. The molecule has 1 rings (SSSR count). The summed E-state index contributed by atoms with van der Waals surface area (Å²) >= 11 is 0. The zero-order valence-electron chi connectivity index (χ0n) is 8.79. The van der Waals surface area contributed by atoms with Crippen molar-refractivity contribution in [2.24, 2.45) is 0 Å². The summed E-state index contributed by atoms with van der Waals surface area (Å²) in [4.78, 5) is 14.2. The number of carbonyl (C=O) groups is 1. The third kappa shape index (κ3) is 2.91. The van der Waals surface area contributed by atoms with Crippen LogP contribution in [-0.4, -0.2) is 32.4 Å². The Bertz CT molecular complexity index is 394. The standard InChI is InChI=1S/C10H14N2O4/c1-5-2-6(10(11)12-4-5)9(16)7(13)3-8(14)15/h2,4,7,9,13,16H,3H2,1H3,(H2,11,12)(H,14,15). The molecule has 5 N–H and O–H groups in total. The van der Waals surface area contributed by atoms with Crippen LogP contribution in [0, 0.1) is 6.92 Å². The molecule has 0 amide bonds. The number of anilines is 1. The highest BCUT2D eigenvalue weighted by molar-refractivity contribution is 5.67. The maximum atomic E-state index is 10.4. The number of hydrogen-bond acceptors (Lipinski definition) is 5. The number of nitrogens with zero attached hydrogens (tertiary/aromatic N) is 1. The summed E-state index contributed by atoms with van der Waals surface area (Å²) in [7, 11) is 0. The van der Waals surface area contributed by atoms with E-state index in [9.17, 15) is 15.0 Å². The molecule has 0 aliphatic carbocycles. The average Bonchev–Trinajstić information content (AvgIpc) is 2.19. The van der Waals surface area contributed by atoms with Gasteiger partial charge in [-0.15, -0.1) is 0 Å². The van der Waals surface area contributed by atoms with Gasteiger partial charge in [0.05, 0.1) is 12.5 Å². The summed E-state index contributed by atoms with van der Waals surface area (Å²) in [6.45, 7) is 1.76. The third-order valence-electron chi connectivity index (χ3n) is 2.15.